The van der Waals surface area contributed by atoms with Crippen LogP contribution < -0.4 is 5.32 Å². The summed E-state index contributed by atoms with van der Waals surface area (Å²) in [4.78, 5) is 26.6. The first-order chi connectivity index (χ1) is 9.58. The van der Waals surface area contributed by atoms with E-state index >= 15 is 0 Å². The highest BCUT2D eigenvalue weighted by atomic mass is 16.2. The second kappa shape index (κ2) is 6.59. The molecule has 2 amide bonds. The first-order valence-electron chi connectivity index (χ1n) is 8.19. The van der Waals surface area contributed by atoms with Crippen molar-refractivity contribution in [2.45, 2.75) is 71.4 Å². The molecule has 114 valence electrons. The maximum absolute atomic E-state index is 12.6. The third kappa shape index (κ3) is 2.99. The van der Waals surface area contributed by atoms with Gasteiger partial charge in [-0.2, -0.15) is 0 Å². The number of hydrogen-bond acceptors (Lipinski definition) is 2. The molecule has 0 aromatic carbocycles. The lowest BCUT2D eigenvalue weighted by atomic mass is 9.79. The summed E-state index contributed by atoms with van der Waals surface area (Å²) in [6, 6.07) is -0.580. The molecular formula is C16H28N2O2. The Bertz CT molecular complexity index is 369. The molecule has 4 heteroatoms. The van der Waals surface area contributed by atoms with Crippen molar-refractivity contribution in [1.82, 2.24) is 10.2 Å². The first kappa shape index (κ1) is 15.3. The van der Waals surface area contributed by atoms with E-state index in [2.05, 4.69) is 12.2 Å². The SMILES string of the molecule is CCC1NC(=O)C(CC)N(CC2CCCCC2C)C1=O. The van der Waals surface area contributed by atoms with E-state index < -0.39 is 0 Å². The van der Waals surface area contributed by atoms with E-state index in [0.717, 1.165) is 6.54 Å². The second-order valence-electron chi connectivity index (χ2n) is 6.41. The molecule has 0 spiro atoms. The van der Waals surface area contributed by atoms with E-state index in [1.54, 1.807) is 0 Å². The van der Waals surface area contributed by atoms with Crippen LogP contribution in [-0.4, -0.2) is 35.3 Å². The normalized spacial score (nSPS) is 35.0. The van der Waals surface area contributed by atoms with Crippen molar-refractivity contribution in [1.29, 1.82) is 0 Å². The van der Waals surface area contributed by atoms with E-state index in [4.69, 9.17) is 0 Å². The van der Waals surface area contributed by atoms with Crippen LogP contribution in [0.5, 0.6) is 0 Å². The highest BCUT2D eigenvalue weighted by Gasteiger charge is 2.40. The van der Waals surface area contributed by atoms with Crippen LogP contribution in [0.25, 0.3) is 0 Å². The lowest BCUT2D eigenvalue weighted by Gasteiger charge is -2.42. The minimum atomic E-state index is -0.316. The van der Waals surface area contributed by atoms with Gasteiger partial charge < -0.3 is 10.2 Å². The Labute approximate surface area is 122 Å². The third-order valence-electron chi connectivity index (χ3n) is 5.09. The highest BCUT2D eigenvalue weighted by molar-refractivity contribution is 5.96. The van der Waals surface area contributed by atoms with Crippen LogP contribution in [0, 0.1) is 11.8 Å². The molecule has 4 atom stereocenters. The Kier molecular flexibility index (Phi) is 5.06. The van der Waals surface area contributed by atoms with Crippen LogP contribution in [0.2, 0.25) is 0 Å². The molecule has 2 fully saturated rings. The predicted molar refractivity (Wildman–Crippen MR) is 79.1 cm³/mol. The molecule has 1 saturated heterocycles. The maximum atomic E-state index is 12.6. The molecular weight excluding hydrogens is 252 g/mol. The third-order valence-corrected chi connectivity index (χ3v) is 5.09. The zero-order chi connectivity index (χ0) is 14.7. The van der Waals surface area contributed by atoms with Crippen molar-refractivity contribution >= 4 is 11.8 Å². The zero-order valence-corrected chi connectivity index (χ0v) is 13.0. The van der Waals surface area contributed by atoms with Gasteiger partial charge in [0.2, 0.25) is 11.8 Å². The fourth-order valence-corrected chi connectivity index (χ4v) is 3.64. The summed E-state index contributed by atoms with van der Waals surface area (Å²) in [5, 5.41) is 2.87. The quantitative estimate of drug-likeness (QED) is 0.859. The van der Waals surface area contributed by atoms with Gasteiger partial charge in [-0.05, 0) is 31.1 Å². The second-order valence-corrected chi connectivity index (χ2v) is 6.41. The van der Waals surface area contributed by atoms with Crippen molar-refractivity contribution in [2.75, 3.05) is 6.54 Å². The maximum Gasteiger partial charge on any atom is 0.245 e. The number of nitrogens with zero attached hydrogens (tertiary/aromatic N) is 1. The minimum Gasteiger partial charge on any atom is -0.343 e. The molecule has 4 nitrogen and oxygen atoms in total. The summed E-state index contributed by atoms with van der Waals surface area (Å²) in [5.74, 6) is 1.38. The van der Waals surface area contributed by atoms with Gasteiger partial charge in [0.1, 0.15) is 12.1 Å². The van der Waals surface area contributed by atoms with Crippen LogP contribution in [0.4, 0.5) is 0 Å². The molecule has 1 saturated carbocycles. The van der Waals surface area contributed by atoms with E-state index in [1.807, 2.05) is 18.7 Å². The van der Waals surface area contributed by atoms with Gasteiger partial charge >= 0.3 is 0 Å². The molecule has 2 aliphatic rings. The molecule has 0 bridgehead atoms. The van der Waals surface area contributed by atoms with Crippen molar-refractivity contribution in [3.8, 4) is 0 Å². The fourth-order valence-electron chi connectivity index (χ4n) is 3.64. The van der Waals surface area contributed by atoms with Crippen molar-refractivity contribution in [3.05, 3.63) is 0 Å². The van der Waals surface area contributed by atoms with Gasteiger partial charge in [0.25, 0.3) is 0 Å². The zero-order valence-electron chi connectivity index (χ0n) is 13.0. The Hall–Kier alpha value is -1.06. The van der Waals surface area contributed by atoms with Gasteiger partial charge in [0, 0.05) is 6.54 Å². The topological polar surface area (TPSA) is 49.4 Å². The Morgan fingerprint density at radius 2 is 1.85 bits per heavy atom. The molecule has 0 aromatic heterocycles. The van der Waals surface area contributed by atoms with Crippen molar-refractivity contribution < 1.29 is 9.59 Å². The van der Waals surface area contributed by atoms with E-state index in [9.17, 15) is 9.59 Å². The molecule has 1 N–H and O–H groups in total. The average molecular weight is 280 g/mol. The summed E-state index contributed by atoms with van der Waals surface area (Å²) in [5.41, 5.74) is 0. The number of piperazine rings is 1. The lowest BCUT2D eigenvalue weighted by molar-refractivity contribution is -0.150. The number of nitrogens with one attached hydrogen (secondary N) is 1. The number of carbonyl (C=O) groups is 2. The standard InChI is InChI=1S/C16H28N2O2/c1-4-13-16(20)18(14(5-2)15(19)17-13)10-12-9-7-6-8-11(12)3/h11-14H,4-10H2,1-3H3,(H,17,19). The molecule has 20 heavy (non-hydrogen) atoms. The average Bonchev–Trinajstić information content (AvgIpc) is 2.45. The molecule has 0 radical (unpaired) electrons. The van der Waals surface area contributed by atoms with Crippen molar-refractivity contribution in [3.63, 3.8) is 0 Å². The van der Waals surface area contributed by atoms with Crippen LogP contribution >= 0.6 is 0 Å². The predicted octanol–water partition coefficient (Wildman–Crippen LogP) is 2.33. The lowest BCUT2D eigenvalue weighted by Crippen LogP contribution is -2.63. The Morgan fingerprint density at radius 3 is 2.45 bits per heavy atom. The summed E-state index contributed by atoms with van der Waals surface area (Å²) >= 11 is 0. The number of hydrogen-bond donors (Lipinski definition) is 1. The van der Waals surface area contributed by atoms with Gasteiger partial charge in [-0.15, -0.1) is 0 Å². The number of amides is 2. The van der Waals surface area contributed by atoms with Gasteiger partial charge in [-0.1, -0.05) is 40.0 Å². The number of rotatable bonds is 4. The molecule has 1 aliphatic carbocycles. The molecule has 1 heterocycles. The van der Waals surface area contributed by atoms with E-state index in [0.29, 0.717) is 24.7 Å². The molecule has 2 rings (SSSR count). The van der Waals surface area contributed by atoms with Crippen LogP contribution in [0.15, 0.2) is 0 Å². The van der Waals surface area contributed by atoms with Gasteiger partial charge in [0.05, 0.1) is 0 Å². The summed E-state index contributed by atoms with van der Waals surface area (Å²) < 4.78 is 0. The summed E-state index contributed by atoms with van der Waals surface area (Å²) in [6.45, 7) is 7.00. The molecule has 1 aliphatic heterocycles. The first-order valence-corrected chi connectivity index (χ1v) is 8.19. The Morgan fingerprint density at radius 1 is 1.15 bits per heavy atom. The summed E-state index contributed by atoms with van der Waals surface area (Å²) in [6.07, 6.45) is 6.40. The van der Waals surface area contributed by atoms with Crippen LogP contribution in [-0.2, 0) is 9.59 Å². The van der Waals surface area contributed by atoms with Crippen molar-refractivity contribution in [2.24, 2.45) is 11.8 Å². The largest absolute Gasteiger partial charge is 0.343 e. The Balaban J connectivity index is 2.11. The molecule has 0 aromatic rings. The van der Waals surface area contributed by atoms with Crippen LogP contribution in [0.3, 0.4) is 0 Å². The van der Waals surface area contributed by atoms with Gasteiger partial charge in [0.15, 0.2) is 0 Å². The highest BCUT2D eigenvalue weighted by Crippen LogP contribution is 2.31. The van der Waals surface area contributed by atoms with E-state index in [1.165, 1.54) is 25.7 Å². The van der Waals surface area contributed by atoms with Gasteiger partial charge in [-0.25, -0.2) is 0 Å². The van der Waals surface area contributed by atoms with Gasteiger partial charge in [-0.3, -0.25) is 9.59 Å². The fraction of sp³-hybridized carbons (Fsp3) is 0.875. The van der Waals surface area contributed by atoms with Crippen LogP contribution in [0.1, 0.15) is 59.3 Å². The smallest absolute Gasteiger partial charge is 0.245 e. The summed E-state index contributed by atoms with van der Waals surface area (Å²) in [7, 11) is 0. The number of carbonyl (C=O) groups excluding carboxylic acids is 2. The minimum absolute atomic E-state index is 0.0300. The molecule has 4 unspecified atom stereocenters. The monoisotopic (exact) mass is 280 g/mol. The van der Waals surface area contributed by atoms with E-state index in [-0.39, 0.29) is 23.9 Å².